The van der Waals surface area contributed by atoms with Crippen LogP contribution in [0.4, 0.5) is 0 Å². The Morgan fingerprint density at radius 2 is 1.79 bits per heavy atom. The van der Waals surface area contributed by atoms with Gasteiger partial charge in [-0.25, -0.2) is 0 Å². The van der Waals surface area contributed by atoms with Gasteiger partial charge in [0, 0.05) is 17.6 Å². The third kappa shape index (κ3) is 6.07. The summed E-state index contributed by atoms with van der Waals surface area (Å²) >= 11 is 6.13. The Labute approximate surface area is 178 Å². The van der Waals surface area contributed by atoms with Gasteiger partial charge in [-0.3, -0.25) is 9.59 Å². The van der Waals surface area contributed by atoms with E-state index in [1.807, 2.05) is 56.3 Å². The third-order valence-electron chi connectivity index (χ3n) is 5.59. The third-order valence-corrected chi connectivity index (χ3v) is 5.82. The second-order valence-electron chi connectivity index (χ2n) is 7.98. The van der Waals surface area contributed by atoms with Gasteiger partial charge in [-0.2, -0.15) is 0 Å². The minimum Gasteiger partial charge on any atom is -0.352 e. The highest BCUT2D eigenvalue weighted by molar-refractivity contribution is 6.30. The highest BCUT2D eigenvalue weighted by atomic mass is 35.5. The molecular weight excluding hydrogens is 384 g/mol. The Morgan fingerprint density at radius 3 is 2.45 bits per heavy atom. The van der Waals surface area contributed by atoms with Crippen molar-refractivity contribution in [2.75, 3.05) is 0 Å². The zero-order valence-electron chi connectivity index (χ0n) is 17.2. The van der Waals surface area contributed by atoms with Crippen molar-refractivity contribution < 1.29 is 9.59 Å². The van der Waals surface area contributed by atoms with Crippen molar-refractivity contribution >= 4 is 23.4 Å². The van der Waals surface area contributed by atoms with Gasteiger partial charge in [0.2, 0.25) is 11.8 Å². The Bertz CT molecular complexity index is 844. The predicted molar refractivity (Wildman–Crippen MR) is 117 cm³/mol. The van der Waals surface area contributed by atoms with E-state index in [1.54, 1.807) is 11.0 Å². The van der Waals surface area contributed by atoms with E-state index in [2.05, 4.69) is 5.32 Å². The van der Waals surface area contributed by atoms with Gasteiger partial charge in [0.05, 0.1) is 6.42 Å². The summed E-state index contributed by atoms with van der Waals surface area (Å²) in [5.74, 6) is -0.154. The number of nitrogens with one attached hydrogen (secondary N) is 1. The van der Waals surface area contributed by atoms with Gasteiger partial charge < -0.3 is 10.2 Å². The molecule has 1 atom stereocenters. The zero-order valence-corrected chi connectivity index (χ0v) is 17.9. The van der Waals surface area contributed by atoms with Crippen molar-refractivity contribution in [3.8, 4) is 0 Å². The second kappa shape index (κ2) is 9.93. The Balaban J connectivity index is 1.76. The Kier molecular flexibility index (Phi) is 7.32. The topological polar surface area (TPSA) is 49.4 Å². The van der Waals surface area contributed by atoms with Crippen molar-refractivity contribution in [1.29, 1.82) is 0 Å². The van der Waals surface area contributed by atoms with E-state index in [4.69, 9.17) is 11.6 Å². The fourth-order valence-electron chi connectivity index (χ4n) is 3.79. The summed E-state index contributed by atoms with van der Waals surface area (Å²) in [7, 11) is 0. The lowest BCUT2D eigenvalue weighted by Gasteiger charge is -2.30. The predicted octanol–water partition coefficient (Wildman–Crippen LogP) is 4.67. The van der Waals surface area contributed by atoms with E-state index < -0.39 is 6.04 Å². The molecule has 1 aliphatic carbocycles. The van der Waals surface area contributed by atoms with E-state index in [-0.39, 0.29) is 24.3 Å². The van der Waals surface area contributed by atoms with Crippen LogP contribution in [0, 0.1) is 6.92 Å². The highest BCUT2D eigenvalue weighted by Gasteiger charge is 2.28. The van der Waals surface area contributed by atoms with E-state index in [0.29, 0.717) is 11.6 Å². The summed E-state index contributed by atoms with van der Waals surface area (Å²) in [6, 6.07) is 15.1. The molecule has 3 rings (SSSR count). The van der Waals surface area contributed by atoms with Gasteiger partial charge in [-0.1, -0.05) is 66.4 Å². The number of halogens is 1. The average molecular weight is 413 g/mol. The van der Waals surface area contributed by atoms with E-state index in [0.717, 1.165) is 42.4 Å². The molecular formula is C24H29ClN2O2. The molecule has 1 fully saturated rings. The maximum absolute atomic E-state index is 13.2. The van der Waals surface area contributed by atoms with Crippen molar-refractivity contribution in [2.24, 2.45) is 0 Å². The van der Waals surface area contributed by atoms with Gasteiger partial charge in [0.25, 0.3) is 0 Å². The lowest BCUT2D eigenvalue weighted by molar-refractivity contribution is -0.140. The molecule has 4 nitrogen and oxygen atoms in total. The van der Waals surface area contributed by atoms with E-state index in [9.17, 15) is 9.59 Å². The SMILES string of the molecule is Cc1ccc(CC(=O)N(Cc2cccc(Cl)c2)[C@H](C)C(=O)NC2CCCC2)cc1. The molecule has 0 heterocycles. The van der Waals surface area contributed by atoms with Gasteiger partial charge in [0.1, 0.15) is 6.04 Å². The monoisotopic (exact) mass is 412 g/mol. The van der Waals surface area contributed by atoms with Gasteiger partial charge >= 0.3 is 0 Å². The van der Waals surface area contributed by atoms with Gasteiger partial charge in [0.15, 0.2) is 0 Å². The van der Waals surface area contributed by atoms with Crippen LogP contribution < -0.4 is 5.32 Å². The normalized spacial score (nSPS) is 15.1. The number of hydrogen-bond donors (Lipinski definition) is 1. The molecule has 0 bridgehead atoms. The fourth-order valence-corrected chi connectivity index (χ4v) is 4.00. The molecule has 1 saturated carbocycles. The number of aryl methyl sites for hydroxylation is 1. The molecule has 1 aliphatic rings. The summed E-state index contributed by atoms with van der Waals surface area (Å²) in [6.45, 7) is 4.18. The summed E-state index contributed by atoms with van der Waals surface area (Å²) in [5, 5.41) is 3.75. The number of carbonyl (C=O) groups is 2. The summed E-state index contributed by atoms with van der Waals surface area (Å²) < 4.78 is 0. The van der Waals surface area contributed by atoms with Crippen LogP contribution in [0.15, 0.2) is 48.5 Å². The van der Waals surface area contributed by atoms with Crippen LogP contribution in [0.25, 0.3) is 0 Å². The lowest BCUT2D eigenvalue weighted by atomic mass is 10.1. The average Bonchev–Trinajstić information content (AvgIpc) is 3.20. The quantitative estimate of drug-likeness (QED) is 0.718. The molecule has 0 unspecified atom stereocenters. The largest absolute Gasteiger partial charge is 0.352 e. The van der Waals surface area contributed by atoms with Crippen molar-refractivity contribution in [3.05, 3.63) is 70.2 Å². The van der Waals surface area contributed by atoms with E-state index in [1.165, 1.54) is 0 Å². The number of benzene rings is 2. The molecule has 2 aromatic rings. The van der Waals surface area contributed by atoms with Gasteiger partial charge in [-0.15, -0.1) is 0 Å². The molecule has 0 aliphatic heterocycles. The summed E-state index contributed by atoms with van der Waals surface area (Å²) in [5.41, 5.74) is 3.01. The maximum atomic E-state index is 13.2. The smallest absolute Gasteiger partial charge is 0.242 e. The number of nitrogens with zero attached hydrogens (tertiary/aromatic N) is 1. The van der Waals surface area contributed by atoms with Crippen molar-refractivity contribution in [1.82, 2.24) is 10.2 Å². The number of rotatable bonds is 7. The minimum atomic E-state index is -0.549. The van der Waals surface area contributed by atoms with Crippen LogP contribution >= 0.6 is 11.6 Å². The molecule has 5 heteroatoms. The molecule has 0 radical (unpaired) electrons. The molecule has 154 valence electrons. The van der Waals surface area contributed by atoms with Gasteiger partial charge in [-0.05, 0) is 49.9 Å². The number of carbonyl (C=O) groups excluding carboxylic acids is 2. The Morgan fingerprint density at radius 1 is 1.10 bits per heavy atom. The second-order valence-corrected chi connectivity index (χ2v) is 8.42. The number of hydrogen-bond acceptors (Lipinski definition) is 2. The minimum absolute atomic E-state index is 0.0668. The maximum Gasteiger partial charge on any atom is 0.242 e. The standard InChI is InChI=1S/C24H29ClN2O2/c1-17-10-12-19(13-11-17)15-23(28)27(16-20-6-5-7-21(25)14-20)18(2)24(29)26-22-8-3-4-9-22/h5-7,10-14,18,22H,3-4,8-9,15-16H2,1-2H3,(H,26,29)/t18-/m1/s1. The van der Waals surface area contributed by atoms with Crippen LogP contribution in [-0.4, -0.2) is 28.8 Å². The first-order valence-electron chi connectivity index (χ1n) is 10.3. The van der Waals surface area contributed by atoms with Crippen LogP contribution in [0.2, 0.25) is 5.02 Å². The molecule has 2 aromatic carbocycles. The highest BCUT2D eigenvalue weighted by Crippen LogP contribution is 2.19. The summed E-state index contributed by atoms with van der Waals surface area (Å²) in [6.07, 6.45) is 4.60. The van der Waals surface area contributed by atoms with Crippen molar-refractivity contribution in [2.45, 2.75) is 64.6 Å². The summed E-state index contributed by atoms with van der Waals surface area (Å²) in [4.78, 5) is 27.7. The number of amides is 2. The van der Waals surface area contributed by atoms with Crippen molar-refractivity contribution in [3.63, 3.8) is 0 Å². The van der Waals surface area contributed by atoms with Crippen LogP contribution in [0.5, 0.6) is 0 Å². The molecule has 0 saturated heterocycles. The first kappa shape index (κ1) is 21.4. The first-order chi connectivity index (χ1) is 13.9. The van der Waals surface area contributed by atoms with E-state index >= 15 is 0 Å². The van der Waals surface area contributed by atoms with Crippen LogP contribution in [0.3, 0.4) is 0 Å². The molecule has 0 spiro atoms. The van der Waals surface area contributed by atoms with Crippen LogP contribution in [-0.2, 0) is 22.6 Å². The molecule has 2 amide bonds. The molecule has 29 heavy (non-hydrogen) atoms. The lowest BCUT2D eigenvalue weighted by Crippen LogP contribution is -2.50. The molecule has 0 aromatic heterocycles. The fraction of sp³-hybridized carbons (Fsp3) is 0.417. The molecule has 1 N–H and O–H groups in total. The van der Waals surface area contributed by atoms with Crippen LogP contribution in [0.1, 0.15) is 49.3 Å². The zero-order chi connectivity index (χ0) is 20.8. The first-order valence-corrected chi connectivity index (χ1v) is 10.7. The Hall–Kier alpha value is -2.33.